The van der Waals surface area contributed by atoms with Crippen LogP contribution < -0.4 is 24.4 Å². The maximum absolute atomic E-state index is 13.0. The molecule has 0 radical (unpaired) electrons. The van der Waals surface area contributed by atoms with E-state index in [1.807, 2.05) is 0 Å². The Kier molecular flexibility index (Phi) is 6.28. The van der Waals surface area contributed by atoms with Crippen LogP contribution in [0.3, 0.4) is 0 Å². The quantitative estimate of drug-likeness (QED) is 0.530. The normalized spacial score (nSPS) is 15.2. The van der Waals surface area contributed by atoms with Crippen molar-refractivity contribution in [2.45, 2.75) is 20.0 Å². The molecule has 1 aliphatic rings. The summed E-state index contributed by atoms with van der Waals surface area (Å²) in [6, 6.07) is 8.87. The predicted octanol–water partition coefficient (Wildman–Crippen LogP) is 3.00. The summed E-state index contributed by atoms with van der Waals surface area (Å²) < 4.78 is 16.2. The number of nitrogens with zero attached hydrogens (tertiary/aromatic N) is 2. The Hall–Kier alpha value is -3.82. The molecule has 0 aliphatic carbocycles. The number of rotatable bonds is 7. The lowest BCUT2D eigenvalue weighted by Gasteiger charge is -2.35. The minimum Gasteiger partial charge on any atom is -0.497 e. The predicted molar refractivity (Wildman–Crippen MR) is 113 cm³/mol. The van der Waals surface area contributed by atoms with Gasteiger partial charge in [-0.2, -0.15) is 0 Å². The first-order chi connectivity index (χ1) is 14.7. The third kappa shape index (κ3) is 4.52. The molecular weight excluding hydrogens is 406 g/mol. The van der Waals surface area contributed by atoms with Crippen LogP contribution in [0.1, 0.15) is 13.8 Å². The second-order valence-electron chi connectivity index (χ2n) is 7.23. The van der Waals surface area contributed by atoms with Crippen LogP contribution in [-0.4, -0.2) is 43.6 Å². The van der Waals surface area contributed by atoms with Gasteiger partial charge in [-0.15, -0.1) is 0 Å². The molecule has 1 N–H and O–H groups in total. The zero-order chi connectivity index (χ0) is 22.7. The van der Waals surface area contributed by atoms with E-state index >= 15 is 0 Å². The first kappa shape index (κ1) is 21.9. The molecule has 0 bridgehead atoms. The lowest BCUT2D eigenvalue weighted by atomic mass is 10.0. The average Bonchev–Trinajstić information content (AvgIpc) is 2.74. The van der Waals surface area contributed by atoms with Gasteiger partial charge in [0.05, 0.1) is 36.6 Å². The zero-order valence-electron chi connectivity index (χ0n) is 17.6. The highest BCUT2D eigenvalue weighted by molar-refractivity contribution is 6.06. The van der Waals surface area contributed by atoms with Crippen LogP contribution in [0.15, 0.2) is 36.4 Å². The van der Waals surface area contributed by atoms with Gasteiger partial charge in [-0.25, -0.2) is 0 Å². The van der Waals surface area contributed by atoms with Crippen molar-refractivity contribution in [1.82, 2.24) is 0 Å². The first-order valence-corrected chi connectivity index (χ1v) is 9.53. The summed E-state index contributed by atoms with van der Waals surface area (Å²) >= 11 is 0. The summed E-state index contributed by atoms with van der Waals surface area (Å²) in [7, 11) is 2.97. The number of amides is 2. The van der Waals surface area contributed by atoms with E-state index in [1.54, 1.807) is 32.0 Å². The van der Waals surface area contributed by atoms with E-state index in [4.69, 9.17) is 14.2 Å². The van der Waals surface area contributed by atoms with Crippen molar-refractivity contribution in [3.8, 4) is 17.2 Å². The molecule has 1 unspecified atom stereocenters. The summed E-state index contributed by atoms with van der Waals surface area (Å²) in [5.41, 5.74) is 0.512. The van der Waals surface area contributed by atoms with Crippen molar-refractivity contribution in [2.24, 2.45) is 5.92 Å². The Balaban J connectivity index is 1.90. The molecule has 0 saturated heterocycles. The van der Waals surface area contributed by atoms with Crippen molar-refractivity contribution < 1.29 is 28.7 Å². The minimum atomic E-state index is -0.867. The van der Waals surface area contributed by atoms with Gasteiger partial charge >= 0.3 is 0 Å². The van der Waals surface area contributed by atoms with E-state index in [2.05, 4.69) is 5.32 Å². The van der Waals surface area contributed by atoms with E-state index in [-0.39, 0.29) is 23.9 Å². The number of carbonyl (C=O) groups is 2. The van der Waals surface area contributed by atoms with Gasteiger partial charge in [-0.3, -0.25) is 24.6 Å². The molecule has 10 heteroatoms. The number of nitro groups is 1. The summed E-state index contributed by atoms with van der Waals surface area (Å²) in [5, 5.41) is 13.8. The SMILES string of the molecule is COc1ccc(OC)c(NC(=O)CN2C(=O)C(C(C)C)Oc3cc([N+](=O)[O-])ccc32)c1. The number of carbonyl (C=O) groups excluding carboxylic acids is 2. The highest BCUT2D eigenvalue weighted by Crippen LogP contribution is 2.38. The van der Waals surface area contributed by atoms with Crippen LogP contribution in [0.25, 0.3) is 0 Å². The topological polar surface area (TPSA) is 120 Å². The molecule has 164 valence electrons. The van der Waals surface area contributed by atoms with Crippen LogP contribution in [0.4, 0.5) is 17.1 Å². The highest BCUT2D eigenvalue weighted by atomic mass is 16.6. The van der Waals surface area contributed by atoms with E-state index in [1.165, 1.54) is 37.3 Å². The van der Waals surface area contributed by atoms with Crippen LogP contribution in [0, 0.1) is 16.0 Å². The van der Waals surface area contributed by atoms with Gasteiger partial charge < -0.3 is 19.5 Å². The number of non-ortho nitro benzene ring substituents is 1. The maximum Gasteiger partial charge on any atom is 0.273 e. The molecule has 2 aromatic rings. The van der Waals surface area contributed by atoms with Gasteiger partial charge in [-0.05, 0) is 24.1 Å². The third-order valence-corrected chi connectivity index (χ3v) is 4.80. The standard InChI is InChI=1S/C21H23N3O7/c1-12(2)20-21(26)23(16-7-5-13(24(27)28)9-18(16)31-20)11-19(25)22-15-10-14(29-3)6-8-17(15)30-4/h5-10,12,20H,11H2,1-4H3,(H,22,25). The number of methoxy groups -OCH3 is 2. The Bertz CT molecular complexity index is 1020. The molecule has 0 fully saturated rings. The fraction of sp³-hybridized carbons (Fsp3) is 0.333. The zero-order valence-corrected chi connectivity index (χ0v) is 17.6. The Morgan fingerprint density at radius 3 is 2.58 bits per heavy atom. The summed E-state index contributed by atoms with van der Waals surface area (Å²) in [6.45, 7) is 3.28. The average molecular weight is 429 g/mol. The fourth-order valence-corrected chi connectivity index (χ4v) is 3.22. The number of ether oxygens (including phenoxy) is 3. The van der Waals surface area contributed by atoms with Crippen LogP contribution in [0.5, 0.6) is 17.2 Å². The number of benzene rings is 2. The van der Waals surface area contributed by atoms with Gasteiger partial charge in [0.15, 0.2) is 11.9 Å². The number of fused-ring (bicyclic) bond motifs is 1. The van der Waals surface area contributed by atoms with Crippen molar-refractivity contribution in [1.29, 1.82) is 0 Å². The molecule has 1 aliphatic heterocycles. The van der Waals surface area contributed by atoms with Crippen molar-refractivity contribution in [3.63, 3.8) is 0 Å². The number of nitro benzene ring substituents is 1. The second-order valence-corrected chi connectivity index (χ2v) is 7.23. The molecule has 1 atom stereocenters. The molecule has 2 aromatic carbocycles. The Labute approximate surface area is 178 Å². The van der Waals surface area contributed by atoms with E-state index in [9.17, 15) is 19.7 Å². The molecule has 10 nitrogen and oxygen atoms in total. The number of nitrogens with one attached hydrogen (secondary N) is 1. The summed E-state index contributed by atoms with van der Waals surface area (Å²) in [4.78, 5) is 37.7. The highest BCUT2D eigenvalue weighted by Gasteiger charge is 2.38. The Morgan fingerprint density at radius 1 is 1.23 bits per heavy atom. The number of anilines is 2. The Morgan fingerprint density at radius 2 is 1.97 bits per heavy atom. The summed E-state index contributed by atoms with van der Waals surface area (Å²) in [5.74, 6) is 0.0514. The van der Waals surface area contributed by atoms with Crippen LogP contribution in [0.2, 0.25) is 0 Å². The molecular formula is C21H23N3O7. The van der Waals surface area contributed by atoms with Gasteiger partial charge in [0.2, 0.25) is 5.91 Å². The molecule has 31 heavy (non-hydrogen) atoms. The lowest BCUT2D eigenvalue weighted by Crippen LogP contribution is -2.50. The van der Waals surface area contributed by atoms with Crippen molar-refractivity contribution in [2.75, 3.05) is 31.0 Å². The monoisotopic (exact) mass is 429 g/mol. The smallest absolute Gasteiger partial charge is 0.273 e. The van der Waals surface area contributed by atoms with Gasteiger partial charge in [-0.1, -0.05) is 13.8 Å². The van der Waals surface area contributed by atoms with Crippen LogP contribution >= 0.6 is 0 Å². The van der Waals surface area contributed by atoms with Gasteiger partial charge in [0, 0.05) is 12.1 Å². The largest absolute Gasteiger partial charge is 0.497 e. The molecule has 0 spiro atoms. The first-order valence-electron chi connectivity index (χ1n) is 9.53. The number of hydrogen-bond acceptors (Lipinski definition) is 7. The minimum absolute atomic E-state index is 0.166. The van der Waals surface area contributed by atoms with E-state index in [0.29, 0.717) is 22.9 Å². The van der Waals surface area contributed by atoms with Crippen molar-refractivity contribution >= 4 is 28.9 Å². The van der Waals surface area contributed by atoms with Gasteiger partial charge in [0.1, 0.15) is 18.0 Å². The molecule has 3 rings (SSSR count). The number of hydrogen-bond donors (Lipinski definition) is 1. The maximum atomic E-state index is 13.0. The van der Waals surface area contributed by atoms with Crippen LogP contribution in [-0.2, 0) is 9.59 Å². The van der Waals surface area contributed by atoms with Gasteiger partial charge in [0.25, 0.3) is 11.6 Å². The fourth-order valence-electron chi connectivity index (χ4n) is 3.22. The summed E-state index contributed by atoms with van der Waals surface area (Å²) in [6.07, 6.45) is -0.867. The molecule has 0 aromatic heterocycles. The van der Waals surface area contributed by atoms with E-state index in [0.717, 1.165) is 0 Å². The second kappa shape index (κ2) is 8.90. The van der Waals surface area contributed by atoms with Crippen molar-refractivity contribution in [3.05, 3.63) is 46.5 Å². The molecule has 2 amide bonds. The molecule has 1 heterocycles. The van der Waals surface area contributed by atoms with E-state index < -0.39 is 22.8 Å². The molecule has 0 saturated carbocycles. The third-order valence-electron chi connectivity index (χ3n) is 4.80. The lowest BCUT2D eigenvalue weighted by molar-refractivity contribution is -0.384.